The van der Waals surface area contributed by atoms with Crippen LogP contribution in [0, 0.1) is 11.3 Å². The number of nitrogens with one attached hydrogen (secondary N) is 1. The van der Waals surface area contributed by atoms with Crippen molar-refractivity contribution in [2.45, 2.75) is 19.9 Å². The highest BCUT2D eigenvalue weighted by atomic mass is 15.2. The molecule has 3 nitrogen and oxygen atoms in total. The van der Waals surface area contributed by atoms with Crippen molar-refractivity contribution in [3.05, 3.63) is 23.8 Å². The quantitative estimate of drug-likeness (QED) is 0.757. The van der Waals surface area contributed by atoms with E-state index in [9.17, 15) is 0 Å². The van der Waals surface area contributed by atoms with Gasteiger partial charge in [0, 0.05) is 19.1 Å². The Morgan fingerprint density at radius 1 is 1.47 bits per heavy atom. The molecule has 78 valence electrons. The van der Waals surface area contributed by atoms with Crippen LogP contribution in [0.1, 0.15) is 19.4 Å². The van der Waals surface area contributed by atoms with E-state index in [-0.39, 0.29) is 0 Å². The molecule has 2 rings (SSSR count). The smallest absolute Gasteiger partial charge is 0.0992 e. The first-order chi connectivity index (χ1) is 7.22. The predicted molar refractivity (Wildman–Crippen MR) is 62.1 cm³/mol. The molecule has 0 amide bonds. The summed E-state index contributed by atoms with van der Waals surface area (Å²) in [6.45, 7) is 6.32. The Bertz CT molecular complexity index is 404. The first kappa shape index (κ1) is 9.85. The molecule has 1 aliphatic heterocycles. The fourth-order valence-electron chi connectivity index (χ4n) is 1.96. The number of hydrogen-bond donors (Lipinski definition) is 1. The zero-order valence-electron chi connectivity index (χ0n) is 9.12. The largest absolute Gasteiger partial charge is 0.382 e. The van der Waals surface area contributed by atoms with Crippen molar-refractivity contribution in [2.75, 3.05) is 23.3 Å². The summed E-state index contributed by atoms with van der Waals surface area (Å²) in [6, 6.07) is 8.46. The van der Waals surface area contributed by atoms with Crippen molar-refractivity contribution in [1.82, 2.24) is 0 Å². The van der Waals surface area contributed by atoms with E-state index in [0.29, 0.717) is 6.04 Å². The van der Waals surface area contributed by atoms with E-state index in [1.54, 1.807) is 0 Å². The third kappa shape index (κ3) is 1.75. The van der Waals surface area contributed by atoms with E-state index in [1.165, 1.54) is 0 Å². The lowest BCUT2D eigenvalue weighted by Gasteiger charge is -2.35. The second-order valence-electron chi connectivity index (χ2n) is 4.06. The van der Waals surface area contributed by atoms with Crippen LogP contribution in [0.4, 0.5) is 11.4 Å². The molecular weight excluding hydrogens is 186 g/mol. The minimum absolute atomic E-state index is 0.472. The van der Waals surface area contributed by atoms with Crippen LogP contribution in [0.15, 0.2) is 18.2 Å². The second-order valence-corrected chi connectivity index (χ2v) is 4.06. The summed E-state index contributed by atoms with van der Waals surface area (Å²) < 4.78 is 0. The summed E-state index contributed by atoms with van der Waals surface area (Å²) in [5, 5.41) is 12.2. The first-order valence-corrected chi connectivity index (χ1v) is 5.27. The van der Waals surface area contributed by atoms with Crippen molar-refractivity contribution >= 4 is 11.4 Å². The van der Waals surface area contributed by atoms with Gasteiger partial charge in [-0.1, -0.05) is 0 Å². The molecule has 0 bridgehead atoms. The van der Waals surface area contributed by atoms with Gasteiger partial charge in [0.15, 0.2) is 0 Å². The topological polar surface area (TPSA) is 39.1 Å². The van der Waals surface area contributed by atoms with Gasteiger partial charge in [-0.05, 0) is 32.0 Å². The average Bonchev–Trinajstić information content (AvgIpc) is 2.27. The zero-order chi connectivity index (χ0) is 10.8. The molecule has 0 spiro atoms. The van der Waals surface area contributed by atoms with E-state index in [2.05, 4.69) is 30.1 Å². The fourth-order valence-corrected chi connectivity index (χ4v) is 1.96. The summed E-state index contributed by atoms with van der Waals surface area (Å²) in [5.74, 6) is 0. The molecule has 15 heavy (non-hydrogen) atoms. The fraction of sp³-hybridized carbons (Fsp3) is 0.417. The first-order valence-electron chi connectivity index (χ1n) is 5.27. The standard InChI is InChI=1S/C12H15N3/c1-9(2)15-6-5-14-11-4-3-10(8-13)7-12(11)15/h3-4,7,9,14H,5-6H2,1-2H3. The van der Waals surface area contributed by atoms with Gasteiger partial charge in [-0.2, -0.15) is 5.26 Å². The molecular formula is C12H15N3. The van der Waals surface area contributed by atoms with E-state index < -0.39 is 0 Å². The van der Waals surface area contributed by atoms with Crippen molar-refractivity contribution < 1.29 is 0 Å². The van der Waals surface area contributed by atoms with Gasteiger partial charge >= 0.3 is 0 Å². The molecule has 0 aliphatic carbocycles. The summed E-state index contributed by atoms with van der Waals surface area (Å²) in [5.41, 5.74) is 3.01. The zero-order valence-corrected chi connectivity index (χ0v) is 9.12. The van der Waals surface area contributed by atoms with Crippen LogP contribution in [0.2, 0.25) is 0 Å². The maximum atomic E-state index is 8.88. The van der Waals surface area contributed by atoms with Gasteiger partial charge in [-0.15, -0.1) is 0 Å². The SMILES string of the molecule is CC(C)N1CCNc2ccc(C#N)cc21. The number of nitriles is 1. The minimum atomic E-state index is 0.472. The molecule has 0 saturated heterocycles. The molecule has 1 aliphatic rings. The Balaban J connectivity index is 2.45. The van der Waals surface area contributed by atoms with Crippen LogP contribution in [0.3, 0.4) is 0 Å². The van der Waals surface area contributed by atoms with Crippen molar-refractivity contribution in [2.24, 2.45) is 0 Å². The van der Waals surface area contributed by atoms with Gasteiger partial charge in [0.05, 0.1) is 23.0 Å². The lowest BCUT2D eigenvalue weighted by Crippen LogP contribution is -2.38. The number of rotatable bonds is 1. The Morgan fingerprint density at radius 3 is 2.93 bits per heavy atom. The van der Waals surface area contributed by atoms with Crippen molar-refractivity contribution in [3.8, 4) is 6.07 Å². The van der Waals surface area contributed by atoms with Gasteiger partial charge < -0.3 is 10.2 Å². The number of nitrogens with zero attached hydrogens (tertiary/aromatic N) is 2. The number of hydrogen-bond acceptors (Lipinski definition) is 3. The summed E-state index contributed by atoms with van der Waals surface area (Å²) >= 11 is 0. The van der Waals surface area contributed by atoms with Crippen LogP contribution in [0.25, 0.3) is 0 Å². The highest BCUT2D eigenvalue weighted by Crippen LogP contribution is 2.31. The molecule has 0 unspecified atom stereocenters. The second kappa shape index (κ2) is 3.82. The van der Waals surface area contributed by atoms with Gasteiger partial charge in [-0.3, -0.25) is 0 Å². The molecule has 0 saturated carbocycles. The van der Waals surface area contributed by atoms with E-state index in [4.69, 9.17) is 5.26 Å². The predicted octanol–water partition coefficient (Wildman–Crippen LogP) is 2.20. The third-order valence-corrected chi connectivity index (χ3v) is 2.73. The molecule has 3 heteroatoms. The van der Waals surface area contributed by atoms with E-state index >= 15 is 0 Å². The van der Waals surface area contributed by atoms with Crippen molar-refractivity contribution in [3.63, 3.8) is 0 Å². The van der Waals surface area contributed by atoms with Crippen LogP contribution < -0.4 is 10.2 Å². The molecule has 1 aromatic carbocycles. The van der Waals surface area contributed by atoms with Crippen LogP contribution in [0.5, 0.6) is 0 Å². The average molecular weight is 201 g/mol. The molecule has 0 atom stereocenters. The molecule has 1 aromatic rings. The highest BCUT2D eigenvalue weighted by molar-refractivity contribution is 5.74. The Morgan fingerprint density at radius 2 is 2.27 bits per heavy atom. The number of anilines is 2. The molecule has 1 N–H and O–H groups in total. The monoisotopic (exact) mass is 201 g/mol. The number of fused-ring (bicyclic) bond motifs is 1. The van der Waals surface area contributed by atoms with Crippen molar-refractivity contribution in [1.29, 1.82) is 5.26 Å². The van der Waals surface area contributed by atoms with E-state index in [0.717, 1.165) is 30.0 Å². The molecule has 0 fully saturated rings. The lowest BCUT2D eigenvalue weighted by molar-refractivity contribution is 0.681. The van der Waals surface area contributed by atoms with Gasteiger partial charge in [0.1, 0.15) is 0 Å². The molecule has 0 radical (unpaired) electrons. The Kier molecular flexibility index (Phi) is 2.51. The summed E-state index contributed by atoms with van der Waals surface area (Å²) in [4.78, 5) is 2.33. The van der Waals surface area contributed by atoms with Gasteiger partial charge in [-0.25, -0.2) is 0 Å². The van der Waals surface area contributed by atoms with E-state index in [1.807, 2.05) is 18.2 Å². The van der Waals surface area contributed by atoms with Gasteiger partial charge in [0.2, 0.25) is 0 Å². The highest BCUT2D eigenvalue weighted by Gasteiger charge is 2.18. The van der Waals surface area contributed by atoms with Crippen LogP contribution in [-0.2, 0) is 0 Å². The summed E-state index contributed by atoms with van der Waals surface area (Å²) in [7, 11) is 0. The summed E-state index contributed by atoms with van der Waals surface area (Å²) in [6.07, 6.45) is 0. The molecule has 1 heterocycles. The Labute approximate surface area is 90.3 Å². The van der Waals surface area contributed by atoms with Crippen LogP contribution in [-0.4, -0.2) is 19.1 Å². The normalized spacial score (nSPS) is 14.4. The maximum Gasteiger partial charge on any atom is 0.0992 e. The number of benzene rings is 1. The third-order valence-electron chi connectivity index (χ3n) is 2.73. The minimum Gasteiger partial charge on any atom is -0.382 e. The lowest BCUT2D eigenvalue weighted by atomic mass is 10.1. The molecule has 0 aromatic heterocycles. The van der Waals surface area contributed by atoms with Gasteiger partial charge in [0.25, 0.3) is 0 Å². The van der Waals surface area contributed by atoms with Crippen LogP contribution >= 0.6 is 0 Å². The Hall–Kier alpha value is -1.69. The maximum absolute atomic E-state index is 8.88.